The maximum Gasteiger partial charge on any atom is 0.417 e. The zero-order valence-corrected chi connectivity index (χ0v) is 17.4. The quantitative estimate of drug-likeness (QED) is 0.602. The summed E-state index contributed by atoms with van der Waals surface area (Å²) >= 11 is 0. The molecule has 2 fully saturated rings. The first kappa shape index (κ1) is 26.2. The number of nitrogens with zero attached hydrogens (tertiary/aromatic N) is 1. The van der Waals surface area contributed by atoms with Crippen LogP contribution >= 0.6 is 24.8 Å². The minimum Gasteiger partial charge on any atom is -0.477 e. The third-order valence-corrected chi connectivity index (χ3v) is 5.31. The first-order valence-corrected chi connectivity index (χ1v) is 9.11. The zero-order chi connectivity index (χ0) is 19.5. The molecule has 168 valence electrons. The average Bonchev–Trinajstić information content (AvgIpc) is 2.93. The Bertz CT molecular complexity index is 606. The van der Waals surface area contributed by atoms with Crippen molar-refractivity contribution in [1.29, 1.82) is 0 Å². The van der Waals surface area contributed by atoms with Crippen LogP contribution in [0.5, 0.6) is 5.88 Å². The van der Waals surface area contributed by atoms with Gasteiger partial charge in [0, 0.05) is 43.5 Å². The fraction of sp³-hybridized carbons (Fsp3) is 0.722. The Morgan fingerprint density at radius 1 is 1.14 bits per heavy atom. The molecule has 11 heteroatoms. The van der Waals surface area contributed by atoms with Crippen LogP contribution in [0.1, 0.15) is 31.2 Å². The van der Waals surface area contributed by atoms with Gasteiger partial charge in [0.15, 0.2) is 0 Å². The van der Waals surface area contributed by atoms with Gasteiger partial charge in [-0.25, -0.2) is 4.98 Å². The summed E-state index contributed by atoms with van der Waals surface area (Å²) < 4.78 is 48.8. The molecule has 0 spiro atoms. The highest BCUT2D eigenvalue weighted by molar-refractivity contribution is 5.85. The lowest BCUT2D eigenvalue weighted by Crippen LogP contribution is -2.44. The molecule has 0 bridgehead atoms. The number of halogens is 5. The molecule has 3 N–H and O–H groups in total. The highest BCUT2D eigenvalue weighted by Crippen LogP contribution is 2.39. The van der Waals surface area contributed by atoms with E-state index in [2.05, 4.69) is 10.3 Å². The summed E-state index contributed by atoms with van der Waals surface area (Å²) in [7, 11) is 0. The summed E-state index contributed by atoms with van der Waals surface area (Å²) in [5.74, 6) is 0.0873. The minimum atomic E-state index is -4.44. The van der Waals surface area contributed by atoms with Crippen molar-refractivity contribution in [2.75, 3.05) is 26.4 Å². The lowest BCUT2D eigenvalue weighted by atomic mass is 9.86. The van der Waals surface area contributed by atoms with Crippen LogP contribution in [0.15, 0.2) is 18.3 Å². The molecule has 2 heterocycles. The molecule has 1 aromatic rings. The smallest absolute Gasteiger partial charge is 0.417 e. The van der Waals surface area contributed by atoms with E-state index in [0.29, 0.717) is 38.6 Å². The predicted octanol–water partition coefficient (Wildman–Crippen LogP) is 2.59. The molecule has 1 aliphatic heterocycles. The molecule has 3 atom stereocenters. The summed E-state index contributed by atoms with van der Waals surface area (Å²) in [6, 6.07) is 2.41. The van der Waals surface area contributed by atoms with Crippen molar-refractivity contribution in [3.8, 4) is 5.88 Å². The summed E-state index contributed by atoms with van der Waals surface area (Å²) in [5.41, 5.74) is -1.35. The van der Waals surface area contributed by atoms with Crippen LogP contribution in [0.4, 0.5) is 13.2 Å². The molecule has 1 aromatic heterocycles. The van der Waals surface area contributed by atoms with Gasteiger partial charge in [-0.05, 0) is 31.7 Å². The maximum absolute atomic E-state index is 12.6. The van der Waals surface area contributed by atoms with E-state index in [1.807, 2.05) is 0 Å². The molecule has 6 nitrogen and oxygen atoms in total. The topological polar surface area (TPSA) is 83.8 Å². The first-order valence-electron chi connectivity index (χ1n) is 9.11. The van der Waals surface area contributed by atoms with Gasteiger partial charge < -0.3 is 25.0 Å². The Morgan fingerprint density at radius 2 is 1.76 bits per heavy atom. The lowest BCUT2D eigenvalue weighted by Gasteiger charge is -2.32. The van der Waals surface area contributed by atoms with Gasteiger partial charge in [0.25, 0.3) is 0 Å². The Morgan fingerprint density at radius 3 is 2.28 bits per heavy atom. The molecule has 1 saturated heterocycles. The van der Waals surface area contributed by atoms with Gasteiger partial charge in [-0.1, -0.05) is 0 Å². The zero-order valence-electron chi connectivity index (χ0n) is 15.7. The summed E-state index contributed by atoms with van der Waals surface area (Å²) in [6.07, 6.45) is -2.90. The molecule has 1 saturated carbocycles. The number of aromatic nitrogens is 1. The van der Waals surface area contributed by atoms with Crippen LogP contribution in [0.3, 0.4) is 0 Å². The van der Waals surface area contributed by atoms with Crippen LogP contribution in [-0.4, -0.2) is 59.8 Å². The van der Waals surface area contributed by atoms with E-state index >= 15 is 0 Å². The second-order valence-corrected chi connectivity index (χ2v) is 7.48. The Kier molecular flexibility index (Phi) is 9.91. The third kappa shape index (κ3) is 7.11. The third-order valence-electron chi connectivity index (χ3n) is 5.31. The van der Waals surface area contributed by atoms with Gasteiger partial charge in [-0.3, -0.25) is 0 Å². The molecule has 0 amide bonds. The molecular formula is C18H27Cl2F3N2O4. The number of hydrogen-bond donors (Lipinski definition) is 3. The van der Waals surface area contributed by atoms with Crippen molar-refractivity contribution in [2.24, 2.45) is 5.41 Å². The monoisotopic (exact) mass is 462 g/mol. The highest BCUT2D eigenvalue weighted by atomic mass is 35.5. The molecular weight excluding hydrogens is 436 g/mol. The SMILES string of the molecule is Cl.Cl.O[C@@H]1CC(CNC2CCOCC2)(COc2ccc(C(F)(F)F)cn2)C[C@@H]1O. The van der Waals surface area contributed by atoms with Gasteiger partial charge in [-0.2, -0.15) is 13.2 Å². The predicted molar refractivity (Wildman–Crippen MR) is 105 cm³/mol. The second kappa shape index (κ2) is 11.0. The van der Waals surface area contributed by atoms with Crippen molar-refractivity contribution in [1.82, 2.24) is 10.3 Å². The Labute approximate surface area is 180 Å². The Hall–Kier alpha value is -0.840. The van der Waals surface area contributed by atoms with E-state index in [1.165, 1.54) is 6.07 Å². The van der Waals surface area contributed by atoms with Gasteiger partial charge in [0.1, 0.15) is 0 Å². The van der Waals surface area contributed by atoms with Gasteiger partial charge in [0.05, 0.1) is 24.4 Å². The number of hydrogen-bond acceptors (Lipinski definition) is 6. The fourth-order valence-electron chi connectivity index (χ4n) is 3.68. The van der Waals surface area contributed by atoms with E-state index < -0.39 is 29.4 Å². The van der Waals surface area contributed by atoms with Crippen molar-refractivity contribution in [2.45, 2.75) is 50.1 Å². The lowest BCUT2D eigenvalue weighted by molar-refractivity contribution is -0.137. The van der Waals surface area contributed by atoms with Crippen LogP contribution in [0.25, 0.3) is 0 Å². The van der Waals surface area contributed by atoms with Gasteiger partial charge in [0.2, 0.25) is 5.88 Å². The molecule has 29 heavy (non-hydrogen) atoms. The van der Waals surface area contributed by atoms with Gasteiger partial charge in [-0.15, -0.1) is 24.8 Å². The number of aliphatic hydroxyl groups excluding tert-OH is 2. The minimum absolute atomic E-state index is 0. The van der Waals surface area contributed by atoms with Crippen LogP contribution in [0, 0.1) is 5.41 Å². The highest BCUT2D eigenvalue weighted by Gasteiger charge is 2.45. The van der Waals surface area contributed by atoms with Crippen molar-refractivity contribution in [3.63, 3.8) is 0 Å². The van der Waals surface area contributed by atoms with Gasteiger partial charge >= 0.3 is 6.18 Å². The molecule has 0 aromatic carbocycles. The van der Waals surface area contributed by atoms with Crippen molar-refractivity contribution >= 4 is 24.8 Å². The number of ether oxygens (including phenoxy) is 2. The summed E-state index contributed by atoms with van der Waals surface area (Å²) in [4.78, 5) is 3.72. The Balaban J connectivity index is 0.00000210. The fourth-order valence-corrected chi connectivity index (χ4v) is 3.68. The largest absolute Gasteiger partial charge is 0.477 e. The molecule has 1 unspecified atom stereocenters. The van der Waals surface area contributed by atoms with E-state index in [0.717, 1.165) is 25.1 Å². The van der Waals surface area contributed by atoms with Crippen molar-refractivity contribution in [3.05, 3.63) is 23.9 Å². The first-order chi connectivity index (χ1) is 12.8. The second-order valence-electron chi connectivity index (χ2n) is 7.48. The summed E-state index contributed by atoms with van der Waals surface area (Å²) in [5, 5.41) is 23.5. The average molecular weight is 463 g/mol. The number of alkyl halides is 3. The number of nitrogens with one attached hydrogen (secondary N) is 1. The van der Waals surface area contributed by atoms with Crippen LogP contribution < -0.4 is 10.1 Å². The van der Waals surface area contributed by atoms with E-state index in [9.17, 15) is 23.4 Å². The van der Waals surface area contributed by atoms with Crippen molar-refractivity contribution < 1.29 is 32.9 Å². The standard InChI is InChI=1S/C18H25F3N2O4.2ClH/c19-18(20,21)12-1-2-16(22-9-12)27-11-17(7-14(24)15(25)8-17)10-23-13-3-5-26-6-4-13;;/h1-2,9,13-15,23-25H,3-8,10-11H2;2*1H/t14-,15+,17?;;. The maximum atomic E-state index is 12.6. The number of aliphatic hydroxyl groups is 2. The normalized spacial score (nSPS) is 27.8. The molecule has 2 aliphatic rings. The van der Waals surface area contributed by atoms with E-state index in [1.54, 1.807) is 0 Å². The number of rotatable bonds is 6. The van der Waals surface area contributed by atoms with Crippen LogP contribution in [-0.2, 0) is 10.9 Å². The van der Waals surface area contributed by atoms with E-state index in [4.69, 9.17) is 9.47 Å². The molecule has 0 radical (unpaired) electrons. The van der Waals surface area contributed by atoms with E-state index in [-0.39, 0.29) is 37.3 Å². The molecule has 1 aliphatic carbocycles. The van der Waals surface area contributed by atoms with Crippen LogP contribution in [0.2, 0.25) is 0 Å². The number of pyridine rings is 1. The summed E-state index contributed by atoms with van der Waals surface area (Å²) in [6.45, 7) is 2.08. The molecule has 3 rings (SSSR count).